The van der Waals surface area contributed by atoms with Crippen LogP contribution in [0.2, 0.25) is 10.0 Å². The number of rotatable bonds is 7. The SMILES string of the molecule is CCC(C)Nc1ccc(NC(=O)COc2ccc(Cl)cc2Cl)nn1. The number of hydrogen-bond acceptors (Lipinski definition) is 5. The van der Waals surface area contributed by atoms with Gasteiger partial charge in [0.1, 0.15) is 11.6 Å². The second-order valence-electron chi connectivity index (χ2n) is 5.17. The predicted molar refractivity (Wildman–Crippen MR) is 96.0 cm³/mol. The van der Waals surface area contributed by atoms with Gasteiger partial charge in [-0.1, -0.05) is 30.1 Å². The second-order valence-corrected chi connectivity index (χ2v) is 6.01. The van der Waals surface area contributed by atoms with Gasteiger partial charge >= 0.3 is 0 Å². The van der Waals surface area contributed by atoms with Crippen molar-refractivity contribution in [1.29, 1.82) is 0 Å². The molecule has 0 aliphatic rings. The van der Waals surface area contributed by atoms with E-state index in [-0.39, 0.29) is 12.5 Å². The van der Waals surface area contributed by atoms with Crippen LogP contribution in [-0.2, 0) is 4.79 Å². The minimum Gasteiger partial charge on any atom is -0.482 e. The molecule has 0 aliphatic heterocycles. The van der Waals surface area contributed by atoms with Gasteiger partial charge < -0.3 is 15.4 Å². The fraction of sp³-hybridized carbons (Fsp3) is 0.312. The Morgan fingerprint density at radius 3 is 2.54 bits per heavy atom. The number of ether oxygens (including phenoxy) is 1. The number of anilines is 2. The molecule has 0 spiro atoms. The smallest absolute Gasteiger partial charge is 0.263 e. The third-order valence-corrected chi connectivity index (χ3v) is 3.72. The summed E-state index contributed by atoms with van der Waals surface area (Å²) in [7, 11) is 0. The van der Waals surface area contributed by atoms with Crippen molar-refractivity contribution in [1.82, 2.24) is 10.2 Å². The lowest BCUT2D eigenvalue weighted by molar-refractivity contribution is -0.118. The van der Waals surface area contributed by atoms with Gasteiger partial charge in [-0.05, 0) is 43.7 Å². The van der Waals surface area contributed by atoms with Crippen molar-refractivity contribution in [2.24, 2.45) is 0 Å². The zero-order chi connectivity index (χ0) is 17.5. The molecule has 128 valence electrons. The van der Waals surface area contributed by atoms with E-state index in [2.05, 4.69) is 34.7 Å². The minimum atomic E-state index is -0.363. The molecule has 1 heterocycles. The molecule has 2 N–H and O–H groups in total. The van der Waals surface area contributed by atoms with Crippen molar-refractivity contribution in [3.63, 3.8) is 0 Å². The van der Waals surface area contributed by atoms with Crippen molar-refractivity contribution in [2.75, 3.05) is 17.2 Å². The Balaban J connectivity index is 1.85. The van der Waals surface area contributed by atoms with Gasteiger partial charge in [-0.2, -0.15) is 0 Å². The highest BCUT2D eigenvalue weighted by atomic mass is 35.5. The van der Waals surface area contributed by atoms with Crippen molar-refractivity contribution >= 4 is 40.7 Å². The van der Waals surface area contributed by atoms with Gasteiger partial charge in [-0.25, -0.2) is 0 Å². The summed E-state index contributed by atoms with van der Waals surface area (Å²) < 4.78 is 5.35. The molecule has 24 heavy (non-hydrogen) atoms. The van der Waals surface area contributed by atoms with Crippen LogP contribution in [0.25, 0.3) is 0 Å². The van der Waals surface area contributed by atoms with Crippen LogP contribution in [0.4, 0.5) is 11.6 Å². The van der Waals surface area contributed by atoms with Crippen LogP contribution >= 0.6 is 23.2 Å². The fourth-order valence-electron chi connectivity index (χ4n) is 1.74. The molecule has 1 atom stereocenters. The first-order valence-corrected chi connectivity index (χ1v) is 8.21. The molecule has 2 aromatic rings. The molecular weight excluding hydrogens is 351 g/mol. The predicted octanol–water partition coefficient (Wildman–Crippen LogP) is 4.01. The largest absolute Gasteiger partial charge is 0.482 e. The number of nitrogens with zero attached hydrogens (tertiary/aromatic N) is 2. The quantitative estimate of drug-likeness (QED) is 0.771. The summed E-state index contributed by atoms with van der Waals surface area (Å²) in [5, 5.41) is 14.6. The molecule has 1 aromatic carbocycles. The van der Waals surface area contributed by atoms with E-state index < -0.39 is 0 Å². The number of carbonyl (C=O) groups is 1. The lowest BCUT2D eigenvalue weighted by Gasteiger charge is -2.12. The third kappa shape index (κ3) is 5.54. The molecule has 6 nitrogen and oxygen atoms in total. The van der Waals surface area contributed by atoms with Gasteiger partial charge in [0.2, 0.25) is 0 Å². The summed E-state index contributed by atoms with van der Waals surface area (Å²) >= 11 is 11.8. The summed E-state index contributed by atoms with van der Waals surface area (Å²) in [4.78, 5) is 11.9. The number of carbonyl (C=O) groups excluding carboxylic acids is 1. The van der Waals surface area contributed by atoms with E-state index in [0.717, 1.165) is 6.42 Å². The Labute approximate surface area is 150 Å². The summed E-state index contributed by atoms with van der Waals surface area (Å²) in [6, 6.07) is 8.52. The average molecular weight is 369 g/mol. The summed E-state index contributed by atoms with van der Waals surface area (Å²) in [5.74, 6) is 1.03. The van der Waals surface area contributed by atoms with E-state index >= 15 is 0 Å². The van der Waals surface area contributed by atoms with E-state index in [4.69, 9.17) is 27.9 Å². The first-order chi connectivity index (χ1) is 11.5. The van der Waals surface area contributed by atoms with Crippen LogP contribution < -0.4 is 15.4 Å². The highest BCUT2D eigenvalue weighted by Gasteiger charge is 2.08. The molecule has 0 aliphatic carbocycles. The van der Waals surface area contributed by atoms with Crippen LogP contribution in [0.5, 0.6) is 5.75 Å². The van der Waals surface area contributed by atoms with E-state index in [9.17, 15) is 4.79 Å². The zero-order valence-corrected chi connectivity index (χ0v) is 14.9. The minimum absolute atomic E-state index is 0.199. The molecule has 1 amide bonds. The Hall–Kier alpha value is -2.05. The lowest BCUT2D eigenvalue weighted by atomic mass is 10.2. The molecule has 0 bridgehead atoms. The van der Waals surface area contributed by atoms with E-state index in [1.165, 1.54) is 0 Å². The topological polar surface area (TPSA) is 76.1 Å². The second kappa shape index (κ2) is 8.70. The molecule has 0 saturated carbocycles. The Morgan fingerprint density at radius 2 is 1.92 bits per heavy atom. The maximum Gasteiger partial charge on any atom is 0.263 e. The molecule has 1 aromatic heterocycles. The number of halogens is 2. The Bertz CT molecular complexity index is 695. The highest BCUT2D eigenvalue weighted by molar-refractivity contribution is 6.35. The Kier molecular flexibility index (Phi) is 6.63. The third-order valence-electron chi connectivity index (χ3n) is 3.19. The van der Waals surface area contributed by atoms with E-state index in [1.807, 2.05) is 0 Å². The molecule has 1 unspecified atom stereocenters. The van der Waals surface area contributed by atoms with Crippen LogP contribution in [0.3, 0.4) is 0 Å². The molecular formula is C16H18Cl2N4O2. The van der Waals surface area contributed by atoms with Gasteiger partial charge in [0.05, 0.1) is 5.02 Å². The monoisotopic (exact) mass is 368 g/mol. The maximum atomic E-state index is 11.9. The molecule has 0 fully saturated rings. The summed E-state index contributed by atoms with van der Waals surface area (Å²) in [6.45, 7) is 3.93. The number of nitrogens with one attached hydrogen (secondary N) is 2. The first-order valence-electron chi connectivity index (χ1n) is 7.46. The van der Waals surface area contributed by atoms with Crippen molar-refractivity contribution in [2.45, 2.75) is 26.3 Å². The van der Waals surface area contributed by atoms with Crippen molar-refractivity contribution in [3.05, 3.63) is 40.4 Å². The van der Waals surface area contributed by atoms with Gasteiger partial charge in [0.25, 0.3) is 5.91 Å². The van der Waals surface area contributed by atoms with Gasteiger partial charge in [-0.15, -0.1) is 10.2 Å². The standard InChI is InChI=1S/C16H18Cl2N4O2/c1-3-10(2)19-14-6-7-15(22-21-14)20-16(23)9-24-13-5-4-11(17)8-12(13)18/h4-8,10H,3,9H2,1-2H3,(H,19,21)(H,20,22,23). The molecule has 8 heteroatoms. The number of hydrogen-bond donors (Lipinski definition) is 2. The van der Waals surface area contributed by atoms with Gasteiger partial charge in [0, 0.05) is 11.1 Å². The molecule has 0 saturated heterocycles. The summed E-state index contributed by atoms with van der Waals surface area (Å²) in [6.07, 6.45) is 0.977. The number of amides is 1. The zero-order valence-electron chi connectivity index (χ0n) is 13.3. The highest BCUT2D eigenvalue weighted by Crippen LogP contribution is 2.27. The Morgan fingerprint density at radius 1 is 1.21 bits per heavy atom. The van der Waals surface area contributed by atoms with Crippen molar-refractivity contribution < 1.29 is 9.53 Å². The summed E-state index contributed by atoms with van der Waals surface area (Å²) in [5.41, 5.74) is 0. The van der Waals surface area contributed by atoms with E-state index in [1.54, 1.807) is 30.3 Å². The number of aromatic nitrogens is 2. The number of benzene rings is 1. The van der Waals surface area contributed by atoms with Gasteiger partial charge in [0.15, 0.2) is 12.4 Å². The van der Waals surface area contributed by atoms with Crippen LogP contribution in [0.1, 0.15) is 20.3 Å². The van der Waals surface area contributed by atoms with E-state index in [0.29, 0.717) is 33.5 Å². The van der Waals surface area contributed by atoms with Crippen molar-refractivity contribution in [3.8, 4) is 5.75 Å². The fourth-order valence-corrected chi connectivity index (χ4v) is 2.21. The van der Waals surface area contributed by atoms with Crippen LogP contribution in [0.15, 0.2) is 30.3 Å². The average Bonchev–Trinajstić information content (AvgIpc) is 2.55. The van der Waals surface area contributed by atoms with Crippen LogP contribution in [-0.4, -0.2) is 28.8 Å². The first kappa shape index (κ1) is 18.3. The van der Waals surface area contributed by atoms with Crippen LogP contribution in [0, 0.1) is 0 Å². The normalized spacial score (nSPS) is 11.7. The lowest BCUT2D eigenvalue weighted by Crippen LogP contribution is -2.21. The van der Waals surface area contributed by atoms with Gasteiger partial charge in [-0.3, -0.25) is 4.79 Å². The molecule has 2 rings (SSSR count). The maximum absolute atomic E-state index is 11.9. The molecule has 0 radical (unpaired) electrons.